The molecule has 0 radical (unpaired) electrons. The van der Waals surface area contributed by atoms with Gasteiger partial charge in [0, 0.05) is 23.3 Å². The number of hydrogen-bond acceptors (Lipinski definition) is 7. The Hall–Kier alpha value is -1.73. The zero-order chi connectivity index (χ0) is 17.7. The van der Waals surface area contributed by atoms with E-state index in [0.717, 1.165) is 10.4 Å². The molecule has 2 heterocycles. The van der Waals surface area contributed by atoms with Gasteiger partial charge in [-0.15, -0.1) is 31.7 Å². The monoisotopic (exact) mass is 347 g/mol. The van der Waals surface area contributed by atoms with Crippen molar-refractivity contribution in [2.75, 3.05) is 0 Å². The first-order valence-electron chi connectivity index (χ1n) is 8.24. The highest BCUT2D eigenvalue weighted by molar-refractivity contribution is 7.10. The van der Waals surface area contributed by atoms with Gasteiger partial charge in [-0.1, -0.05) is 27.7 Å². The molecule has 0 unspecified atom stereocenters. The summed E-state index contributed by atoms with van der Waals surface area (Å²) in [5.74, 6) is 1.43. The summed E-state index contributed by atoms with van der Waals surface area (Å²) in [5.41, 5.74) is 1.16. The molecule has 2 rings (SSSR count). The summed E-state index contributed by atoms with van der Waals surface area (Å²) in [7, 11) is 0. The molecule has 0 amide bonds. The molecule has 6 nitrogen and oxygen atoms in total. The molecular formula is C17H25N5OS. The molecule has 2 aromatic rings. The first-order chi connectivity index (χ1) is 11.4. The third-order valence-electron chi connectivity index (χ3n) is 3.65. The van der Waals surface area contributed by atoms with Crippen LogP contribution in [-0.4, -0.2) is 38.3 Å². The number of nitrogens with one attached hydrogen (secondary N) is 1. The van der Waals surface area contributed by atoms with Gasteiger partial charge in [0.1, 0.15) is 0 Å². The summed E-state index contributed by atoms with van der Waals surface area (Å²) in [6, 6.07) is 2.17. The highest BCUT2D eigenvalue weighted by atomic mass is 32.1. The van der Waals surface area contributed by atoms with Crippen molar-refractivity contribution < 1.29 is 4.79 Å². The number of thiophene rings is 1. The number of aromatic nitrogens is 4. The molecule has 0 aliphatic heterocycles. The summed E-state index contributed by atoms with van der Waals surface area (Å²) in [4.78, 5) is 13.7. The summed E-state index contributed by atoms with van der Waals surface area (Å²) in [6.45, 7) is 9.78. The van der Waals surface area contributed by atoms with Gasteiger partial charge in [-0.3, -0.25) is 4.79 Å². The van der Waals surface area contributed by atoms with Crippen LogP contribution in [0.1, 0.15) is 49.8 Å². The van der Waals surface area contributed by atoms with Gasteiger partial charge < -0.3 is 5.32 Å². The second-order valence-corrected chi connectivity index (χ2v) is 7.55. The Balaban J connectivity index is 2.15. The van der Waals surface area contributed by atoms with Crippen molar-refractivity contribution in [2.24, 2.45) is 5.92 Å². The standard InChI is InChI=1S/C17H25N5OS/c1-10(2)17(23)14(18-11(3)4)8-13-6-7-24-15(13)9-16-21-19-12(5)20-22-16/h6-7,10-11,14,18H,8-9H2,1-5H3/t14-/m0/s1. The Morgan fingerprint density at radius 2 is 1.83 bits per heavy atom. The highest BCUT2D eigenvalue weighted by Crippen LogP contribution is 2.21. The maximum Gasteiger partial charge on any atom is 0.178 e. The molecule has 0 saturated carbocycles. The van der Waals surface area contributed by atoms with Crippen LogP contribution in [0.15, 0.2) is 11.4 Å². The van der Waals surface area contributed by atoms with Crippen LogP contribution in [0.3, 0.4) is 0 Å². The Bertz CT molecular complexity index is 666. The largest absolute Gasteiger partial charge is 0.305 e. The van der Waals surface area contributed by atoms with Crippen LogP contribution in [0.25, 0.3) is 0 Å². The van der Waals surface area contributed by atoms with E-state index in [1.807, 2.05) is 19.2 Å². The van der Waals surface area contributed by atoms with Crippen molar-refractivity contribution in [2.45, 2.75) is 59.5 Å². The number of carbonyl (C=O) groups excluding carboxylic acids is 1. The number of nitrogens with zero attached hydrogens (tertiary/aromatic N) is 4. The van der Waals surface area contributed by atoms with E-state index < -0.39 is 0 Å². The second-order valence-electron chi connectivity index (χ2n) is 6.54. The predicted molar refractivity (Wildman–Crippen MR) is 95.1 cm³/mol. The lowest BCUT2D eigenvalue weighted by atomic mass is 9.95. The number of rotatable bonds is 8. The number of hydrogen-bond donors (Lipinski definition) is 1. The molecule has 24 heavy (non-hydrogen) atoms. The van der Waals surface area contributed by atoms with Crippen LogP contribution < -0.4 is 5.32 Å². The molecule has 7 heteroatoms. The molecule has 0 saturated heterocycles. The molecule has 0 aromatic carbocycles. The zero-order valence-corrected chi connectivity index (χ0v) is 15.7. The minimum absolute atomic E-state index is 0.0113. The minimum Gasteiger partial charge on any atom is -0.305 e. The van der Waals surface area contributed by atoms with Crippen LogP contribution in [0, 0.1) is 12.8 Å². The number of ketones is 1. The van der Waals surface area contributed by atoms with Crippen LogP contribution >= 0.6 is 11.3 Å². The molecule has 0 aliphatic rings. The molecule has 2 aromatic heterocycles. The van der Waals surface area contributed by atoms with E-state index in [2.05, 4.69) is 45.6 Å². The second kappa shape index (κ2) is 8.39. The fourth-order valence-corrected chi connectivity index (χ4v) is 3.40. The smallest absolute Gasteiger partial charge is 0.178 e. The molecule has 0 aliphatic carbocycles. The summed E-state index contributed by atoms with van der Waals surface area (Å²) in [5, 5.41) is 21.5. The zero-order valence-electron chi connectivity index (χ0n) is 14.9. The molecule has 1 N–H and O–H groups in total. The quantitative estimate of drug-likeness (QED) is 0.789. The Labute approximate surface area is 147 Å². The average Bonchev–Trinajstić information content (AvgIpc) is 2.94. The molecule has 0 spiro atoms. The van der Waals surface area contributed by atoms with Gasteiger partial charge in [0.05, 0.1) is 6.04 Å². The number of carbonyl (C=O) groups is 1. The number of Topliss-reactive ketones (excluding diaryl/α,β-unsaturated/α-hetero) is 1. The molecule has 0 bridgehead atoms. The fraction of sp³-hybridized carbons (Fsp3) is 0.588. The lowest BCUT2D eigenvalue weighted by Crippen LogP contribution is -2.44. The van der Waals surface area contributed by atoms with Gasteiger partial charge in [-0.05, 0) is 30.4 Å². The van der Waals surface area contributed by atoms with Gasteiger partial charge in [0.2, 0.25) is 0 Å². The third-order valence-corrected chi connectivity index (χ3v) is 4.61. The van der Waals surface area contributed by atoms with Crippen LogP contribution in [-0.2, 0) is 17.6 Å². The van der Waals surface area contributed by atoms with Crippen molar-refractivity contribution in [1.82, 2.24) is 25.7 Å². The minimum atomic E-state index is -0.173. The van der Waals surface area contributed by atoms with Gasteiger partial charge in [-0.2, -0.15) is 0 Å². The van der Waals surface area contributed by atoms with E-state index >= 15 is 0 Å². The van der Waals surface area contributed by atoms with E-state index in [1.165, 1.54) is 0 Å². The van der Waals surface area contributed by atoms with Gasteiger partial charge in [0.25, 0.3) is 0 Å². The topological polar surface area (TPSA) is 80.7 Å². The number of aryl methyl sites for hydroxylation is 1. The van der Waals surface area contributed by atoms with E-state index in [1.54, 1.807) is 18.3 Å². The van der Waals surface area contributed by atoms with Gasteiger partial charge in [-0.25, -0.2) is 0 Å². The van der Waals surface area contributed by atoms with E-state index in [9.17, 15) is 4.79 Å². The third kappa shape index (κ3) is 5.14. The maximum absolute atomic E-state index is 12.5. The van der Waals surface area contributed by atoms with Crippen LogP contribution in [0.5, 0.6) is 0 Å². The van der Waals surface area contributed by atoms with Crippen molar-refractivity contribution in [3.8, 4) is 0 Å². The lowest BCUT2D eigenvalue weighted by Gasteiger charge is -2.22. The summed E-state index contributed by atoms with van der Waals surface area (Å²) >= 11 is 1.65. The summed E-state index contributed by atoms with van der Waals surface area (Å²) < 4.78 is 0. The van der Waals surface area contributed by atoms with Crippen molar-refractivity contribution in [1.29, 1.82) is 0 Å². The molecule has 130 valence electrons. The van der Waals surface area contributed by atoms with Crippen LogP contribution in [0.2, 0.25) is 0 Å². The van der Waals surface area contributed by atoms with Gasteiger partial charge >= 0.3 is 0 Å². The first-order valence-corrected chi connectivity index (χ1v) is 9.12. The van der Waals surface area contributed by atoms with E-state index in [0.29, 0.717) is 24.5 Å². The Kier molecular flexibility index (Phi) is 6.51. The maximum atomic E-state index is 12.5. The SMILES string of the molecule is Cc1nnc(Cc2sccc2C[C@H](NC(C)C)C(=O)C(C)C)nn1. The van der Waals surface area contributed by atoms with E-state index in [4.69, 9.17) is 0 Å². The van der Waals surface area contributed by atoms with E-state index in [-0.39, 0.29) is 23.8 Å². The summed E-state index contributed by atoms with van der Waals surface area (Å²) in [6.07, 6.45) is 1.28. The van der Waals surface area contributed by atoms with Crippen molar-refractivity contribution in [3.05, 3.63) is 33.5 Å². The normalized spacial score (nSPS) is 12.8. The van der Waals surface area contributed by atoms with Gasteiger partial charge in [0.15, 0.2) is 17.4 Å². The highest BCUT2D eigenvalue weighted by Gasteiger charge is 2.23. The molecular weight excluding hydrogens is 322 g/mol. The Morgan fingerprint density at radius 1 is 1.17 bits per heavy atom. The lowest BCUT2D eigenvalue weighted by molar-refractivity contribution is -0.124. The van der Waals surface area contributed by atoms with Crippen molar-refractivity contribution >= 4 is 17.1 Å². The van der Waals surface area contributed by atoms with Crippen molar-refractivity contribution in [3.63, 3.8) is 0 Å². The van der Waals surface area contributed by atoms with Crippen LogP contribution in [0.4, 0.5) is 0 Å². The Morgan fingerprint density at radius 3 is 2.42 bits per heavy atom. The molecule has 1 atom stereocenters. The average molecular weight is 347 g/mol. The fourth-order valence-electron chi connectivity index (χ4n) is 2.48. The predicted octanol–water partition coefficient (Wildman–Crippen LogP) is 2.36. The first kappa shape index (κ1) is 18.6. The molecule has 0 fully saturated rings.